The molecule has 1 rings (SSSR count). The normalized spacial score (nSPS) is 32.5. The van der Waals surface area contributed by atoms with Crippen LogP contribution in [0, 0.1) is 11.8 Å². The molecule has 0 aromatic carbocycles. The highest BCUT2D eigenvalue weighted by molar-refractivity contribution is 5.80. The van der Waals surface area contributed by atoms with Crippen LogP contribution in [0.3, 0.4) is 0 Å². The Morgan fingerprint density at radius 3 is 2.60 bits per heavy atom. The maximum atomic E-state index is 11.6. The number of nitrogens with two attached hydrogens (primary N) is 1. The van der Waals surface area contributed by atoms with Crippen molar-refractivity contribution >= 4 is 5.97 Å². The summed E-state index contributed by atoms with van der Waals surface area (Å²) in [5.74, 6) is 1.15. The van der Waals surface area contributed by atoms with Gasteiger partial charge in [-0.3, -0.25) is 4.79 Å². The van der Waals surface area contributed by atoms with Crippen LogP contribution in [0.2, 0.25) is 0 Å². The largest absolute Gasteiger partial charge is 0.468 e. The molecule has 2 N–H and O–H groups in total. The standard InChI is InChI=1S/C12H23NO2/c1-9(2)10-5-4-7-12(13,8-6-10)11(14)15-3/h9-10H,4-8,13H2,1-3H3. The molecule has 0 saturated heterocycles. The van der Waals surface area contributed by atoms with Gasteiger partial charge in [0.05, 0.1) is 7.11 Å². The predicted octanol–water partition coefficient (Wildman–Crippen LogP) is 2.09. The van der Waals surface area contributed by atoms with Gasteiger partial charge in [-0.1, -0.05) is 26.7 Å². The lowest BCUT2D eigenvalue weighted by atomic mass is 9.87. The van der Waals surface area contributed by atoms with Crippen molar-refractivity contribution in [2.24, 2.45) is 17.6 Å². The molecule has 0 radical (unpaired) electrons. The smallest absolute Gasteiger partial charge is 0.325 e. The average Bonchev–Trinajstić information content (AvgIpc) is 2.40. The van der Waals surface area contributed by atoms with E-state index in [1.807, 2.05) is 0 Å². The molecule has 0 spiro atoms. The Hall–Kier alpha value is -0.570. The van der Waals surface area contributed by atoms with Crippen molar-refractivity contribution in [3.05, 3.63) is 0 Å². The van der Waals surface area contributed by atoms with Crippen LogP contribution in [0.15, 0.2) is 0 Å². The second kappa shape index (κ2) is 4.97. The molecule has 3 nitrogen and oxygen atoms in total. The van der Waals surface area contributed by atoms with Crippen LogP contribution in [0.25, 0.3) is 0 Å². The molecule has 15 heavy (non-hydrogen) atoms. The fourth-order valence-corrected chi connectivity index (χ4v) is 2.47. The quantitative estimate of drug-likeness (QED) is 0.564. The van der Waals surface area contributed by atoms with Crippen LogP contribution in [0.1, 0.15) is 46.0 Å². The number of carbonyl (C=O) groups excluding carboxylic acids is 1. The fraction of sp³-hybridized carbons (Fsp3) is 0.917. The monoisotopic (exact) mass is 213 g/mol. The van der Waals surface area contributed by atoms with Crippen LogP contribution >= 0.6 is 0 Å². The molecule has 2 atom stereocenters. The summed E-state index contributed by atoms with van der Waals surface area (Å²) in [7, 11) is 1.42. The summed E-state index contributed by atoms with van der Waals surface area (Å²) in [6.07, 6.45) is 4.80. The number of esters is 1. The van der Waals surface area contributed by atoms with Crippen LogP contribution < -0.4 is 5.73 Å². The van der Waals surface area contributed by atoms with Crippen molar-refractivity contribution in [1.29, 1.82) is 0 Å². The molecule has 0 amide bonds. The lowest BCUT2D eigenvalue weighted by molar-refractivity contribution is -0.147. The molecule has 1 aliphatic carbocycles. The molecule has 88 valence electrons. The molecule has 0 aromatic rings. The Morgan fingerprint density at radius 2 is 2.07 bits per heavy atom. The fourth-order valence-electron chi connectivity index (χ4n) is 2.47. The van der Waals surface area contributed by atoms with Gasteiger partial charge in [0.15, 0.2) is 0 Å². The maximum absolute atomic E-state index is 11.6. The molecule has 0 bridgehead atoms. The van der Waals surface area contributed by atoms with E-state index in [1.165, 1.54) is 13.5 Å². The van der Waals surface area contributed by atoms with Crippen LogP contribution in [0.4, 0.5) is 0 Å². The van der Waals surface area contributed by atoms with Crippen molar-refractivity contribution in [1.82, 2.24) is 0 Å². The van der Waals surface area contributed by atoms with Crippen molar-refractivity contribution in [3.8, 4) is 0 Å². The van der Waals surface area contributed by atoms with Gasteiger partial charge < -0.3 is 10.5 Å². The highest BCUT2D eigenvalue weighted by Gasteiger charge is 2.37. The minimum Gasteiger partial charge on any atom is -0.468 e. The van der Waals surface area contributed by atoms with E-state index in [2.05, 4.69) is 13.8 Å². The third kappa shape index (κ3) is 2.94. The van der Waals surface area contributed by atoms with Crippen molar-refractivity contribution in [3.63, 3.8) is 0 Å². The molecule has 1 aliphatic rings. The van der Waals surface area contributed by atoms with E-state index >= 15 is 0 Å². The summed E-state index contributed by atoms with van der Waals surface area (Å²) in [5, 5.41) is 0. The summed E-state index contributed by atoms with van der Waals surface area (Å²) in [4.78, 5) is 11.6. The zero-order valence-electron chi connectivity index (χ0n) is 10.1. The Kier molecular flexibility index (Phi) is 4.14. The van der Waals surface area contributed by atoms with Gasteiger partial charge in [0, 0.05) is 0 Å². The second-order valence-electron chi connectivity index (χ2n) is 5.08. The molecule has 1 fully saturated rings. The third-order valence-corrected chi connectivity index (χ3v) is 3.69. The summed E-state index contributed by atoms with van der Waals surface area (Å²) >= 11 is 0. The molecule has 2 unspecified atom stereocenters. The van der Waals surface area contributed by atoms with Gasteiger partial charge in [-0.15, -0.1) is 0 Å². The second-order valence-corrected chi connectivity index (χ2v) is 5.08. The molecule has 3 heteroatoms. The highest BCUT2D eigenvalue weighted by Crippen LogP contribution is 2.33. The number of rotatable bonds is 2. The zero-order valence-corrected chi connectivity index (χ0v) is 10.1. The number of carbonyl (C=O) groups is 1. The van der Waals surface area contributed by atoms with E-state index in [4.69, 9.17) is 10.5 Å². The molecule has 0 aromatic heterocycles. The summed E-state index contributed by atoms with van der Waals surface area (Å²) in [6, 6.07) is 0. The topological polar surface area (TPSA) is 52.3 Å². The van der Waals surface area contributed by atoms with Gasteiger partial charge in [0.25, 0.3) is 0 Å². The van der Waals surface area contributed by atoms with Gasteiger partial charge in [0.2, 0.25) is 0 Å². The van der Waals surface area contributed by atoms with E-state index in [-0.39, 0.29) is 5.97 Å². The van der Waals surface area contributed by atoms with Crippen LogP contribution in [-0.4, -0.2) is 18.6 Å². The number of hydrogen-bond donors (Lipinski definition) is 1. The first kappa shape index (κ1) is 12.5. The van der Waals surface area contributed by atoms with Crippen LogP contribution in [0.5, 0.6) is 0 Å². The predicted molar refractivity (Wildman–Crippen MR) is 60.3 cm³/mol. The molecule has 1 saturated carbocycles. The van der Waals surface area contributed by atoms with Gasteiger partial charge in [-0.05, 0) is 31.1 Å². The zero-order chi connectivity index (χ0) is 11.5. The SMILES string of the molecule is COC(=O)C1(N)CCCC(C(C)C)CC1. The maximum Gasteiger partial charge on any atom is 0.325 e. The van der Waals surface area contributed by atoms with Gasteiger partial charge >= 0.3 is 5.97 Å². The Balaban J connectivity index is 2.62. The third-order valence-electron chi connectivity index (χ3n) is 3.69. The molecule has 0 heterocycles. The van der Waals surface area contributed by atoms with Crippen molar-refractivity contribution < 1.29 is 9.53 Å². The summed E-state index contributed by atoms with van der Waals surface area (Å²) < 4.78 is 4.78. The Bertz CT molecular complexity index is 228. The van der Waals surface area contributed by atoms with Gasteiger partial charge in [-0.25, -0.2) is 0 Å². The van der Waals surface area contributed by atoms with E-state index in [9.17, 15) is 4.79 Å². The minimum atomic E-state index is -0.724. The Morgan fingerprint density at radius 1 is 1.40 bits per heavy atom. The first-order valence-corrected chi connectivity index (χ1v) is 5.87. The van der Waals surface area contributed by atoms with E-state index in [0.717, 1.165) is 25.7 Å². The lowest BCUT2D eigenvalue weighted by Crippen LogP contribution is -2.48. The van der Waals surface area contributed by atoms with Crippen LogP contribution in [-0.2, 0) is 9.53 Å². The minimum absolute atomic E-state index is 0.244. The highest BCUT2D eigenvalue weighted by atomic mass is 16.5. The molecule has 0 aliphatic heterocycles. The average molecular weight is 213 g/mol. The van der Waals surface area contributed by atoms with E-state index in [0.29, 0.717) is 11.8 Å². The first-order valence-electron chi connectivity index (χ1n) is 5.87. The van der Waals surface area contributed by atoms with E-state index < -0.39 is 5.54 Å². The molecular formula is C12H23NO2. The summed E-state index contributed by atoms with van der Waals surface area (Å²) in [6.45, 7) is 4.48. The van der Waals surface area contributed by atoms with Crippen molar-refractivity contribution in [2.45, 2.75) is 51.5 Å². The summed E-state index contributed by atoms with van der Waals surface area (Å²) in [5.41, 5.74) is 5.38. The van der Waals surface area contributed by atoms with Gasteiger partial charge in [-0.2, -0.15) is 0 Å². The number of hydrogen-bond acceptors (Lipinski definition) is 3. The molecular weight excluding hydrogens is 190 g/mol. The lowest BCUT2D eigenvalue weighted by Gasteiger charge is -2.25. The van der Waals surface area contributed by atoms with Crippen molar-refractivity contribution in [2.75, 3.05) is 7.11 Å². The van der Waals surface area contributed by atoms with E-state index in [1.54, 1.807) is 0 Å². The number of ether oxygens (including phenoxy) is 1. The number of methoxy groups -OCH3 is 1. The van der Waals surface area contributed by atoms with Gasteiger partial charge in [0.1, 0.15) is 5.54 Å². The Labute approximate surface area is 92.4 Å². The first-order chi connectivity index (χ1) is 6.99.